The highest BCUT2D eigenvalue weighted by molar-refractivity contribution is 7.90. The topological polar surface area (TPSA) is 72.2 Å². The molecule has 17 heavy (non-hydrogen) atoms. The van der Waals surface area contributed by atoms with Crippen molar-refractivity contribution in [3.05, 3.63) is 28.8 Å². The van der Waals surface area contributed by atoms with E-state index in [0.29, 0.717) is 16.3 Å². The quantitative estimate of drug-likeness (QED) is 0.803. The van der Waals surface area contributed by atoms with Crippen molar-refractivity contribution in [2.45, 2.75) is 0 Å². The highest BCUT2D eigenvalue weighted by Gasteiger charge is 2.10. The van der Waals surface area contributed by atoms with Crippen molar-refractivity contribution >= 4 is 44.3 Å². The van der Waals surface area contributed by atoms with E-state index in [1.807, 2.05) is 0 Å². The number of rotatable bonds is 5. The number of nitrogens with two attached hydrogens (primary N) is 1. The smallest absolute Gasteiger partial charge is 0.149 e. The Kier molecular flexibility index (Phi) is 4.73. The van der Waals surface area contributed by atoms with E-state index in [4.69, 9.17) is 29.6 Å². The molecule has 0 spiro atoms. The van der Waals surface area contributed by atoms with E-state index in [0.717, 1.165) is 0 Å². The first kappa shape index (κ1) is 14.2. The minimum absolute atomic E-state index is 0.0380. The summed E-state index contributed by atoms with van der Waals surface area (Å²) in [6, 6.07) is 5.17. The van der Waals surface area contributed by atoms with Crippen LogP contribution in [0.3, 0.4) is 0 Å². The molecule has 0 atom stereocenters. The summed E-state index contributed by atoms with van der Waals surface area (Å²) in [5.74, 6) is 0.0380. The Bertz CT molecular complexity index is 529. The van der Waals surface area contributed by atoms with Gasteiger partial charge in [-0.1, -0.05) is 29.9 Å². The summed E-state index contributed by atoms with van der Waals surface area (Å²) in [4.78, 5) is 0.178. The number of benzene rings is 1. The second-order valence-corrected chi connectivity index (χ2v) is 6.69. The Morgan fingerprint density at radius 1 is 1.53 bits per heavy atom. The highest BCUT2D eigenvalue weighted by Crippen LogP contribution is 2.23. The summed E-state index contributed by atoms with van der Waals surface area (Å²) in [7, 11) is -3.00. The third kappa shape index (κ3) is 4.49. The molecule has 4 nitrogen and oxygen atoms in total. The normalized spacial score (nSPS) is 11.2. The first-order valence-corrected chi connectivity index (χ1v) is 7.66. The van der Waals surface area contributed by atoms with Gasteiger partial charge < -0.3 is 11.1 Å². The second kappa shape index (κ2) is 5.66. The van der Waals surface area contributed by atoms with E-state index in [1.165, 1.54) is 6.26 Å². The van der Waals surface area contributed by atoms with Crippen LogP contribution in [-0.2, 0) is 9.84 Å². The SMILES string of the molecule is CS(=O)(=O)CCNc1cccc(Cl)c1C(N)=S. The van der Waals surface area contributed by atoms with Crippen molar-refractivity contribution < 1.29 is 8.42 Å². The monoisotopic (exact) mass is 292 g/mol. The molecular formula is C10H13ClN2O2S2. The molecule has 3 N–H and O–H groups in total. The van der Waals surface area contributed by atoms with Gasteiger partial charge in [0.1, 0.15) is 14.8 Å². The third-order valence-electron chi connectivity index (χ3n) is 2.05. The van der Waals surface area contributed by atoms with Crippen molar-refractivity contribution in [2.75, 3.05) is 23.9 Å². The van der Waals surface area contributed by atoms with E-state index in [-0.39, 0.29) is 17.3 Å². The lowest BCUT2D eigenvalue weighted by Gasteiger charge is -2.12. The highest BCUT2D eigenvalue weighted by atomic mass is 35.5. The van der Waals surface area contributed by atoms with Crippen molar-refractivity contribution in [1.82, 2.24) is 0 Å². The van der Waals surface area contributed by atoms with Gasteiger partial charge in [-0.3, -0.25) is 0 Å². The molecule has 1 rings (SSSR count). The second-order valence-electron chi connectivity index (χ2n) is 3.58. The van der Waals surface area contributed by atoms with Crippen molar-refractivity contribution in [3.63, 3.8) is 0 Å². The summed E-state index contributed by atoms with van der Waals surface area (Å²) in [6.45, 7) is 0.286. The summed E-state index contributed by atoms with van der Waals surface area (Å²) in [6.07, 6.45) is 1.18. The summed E-state index contributed by atoms with van der Waals surface area (Å²) >= 11 is 10.9. The number of hydrogen-bond acceptors (Lipinski definition) is 4. The van der Waals surface area contributed by atoms with Gasteiger partial charge in [-0.25, -0.2) is 8.42 Å². The molecule has 0 saturated carbocycles. The molecule has 0 radical (unpaired) electrons. The molecule has 7 heteroatoms. The summed E-state index contributed by atoms with van der Waals surface area (Å²) in [5.41, 5.74) is 6.75. The standard InChI is InChI=1S/C10H13ClN2O2S2/c1-17(14,15)6-5-13-8-4-2-3-7(11)9(8)10(12)16/h2-4,13H,5-6H2,1H3,(H2,12,16). The average molecular weight is 293 g/mol. The molecule has 1 aromatic carbocycles. The summed E-state index contributed by atoms with van der Waals surface area (Å²) < 4.78 is 22.0. The lowest BCUT2D eigenvalue weighted by atomic mass is 10.1. The van der Waals surface area contributed by atoms with Gasteiger partial charge in [-0.2, -0.15) is 0 Å². The maximum Gasteiger partial charge on any atom is 0.149 e. The minimum Gasteiger partial charge on any atom is -0.389 e. The molecular weight excluding hydrogens is 280 g/mol. The zero-order valence-electron chi connectivity index (χ0n) is 9.23. The Hall–Kier alpha value is -0.850. The molecule has 0 aromatic heterocycles. The third-order valence-corrected chi connectivity index (χ3v) is 3.51. The molecule has 0 aliphatic heterocycles. The average Bonchev–Trinajstić information content (AvgIpc) is 2.14. The van der Waals surface area contributed by atoms with E-state index in [2.05, 4.69) is 5.32 Å². The number of hydrogen-bond donors (Lipinski definition) is 2. The Balaban J connectivity index is 2.85. The summed E-state index contributed by atoms with van der Waals surface area (Å²) in [5, 5.41) is 3.41. The van der Waals surface area contributed by atoms with E-state index >= 15 is 0 Å². The van der Waals surface area contributed by atoms with E-state index in [9.17, 15) is 8.42 Å². The number of anilines is 1. The zero-order valence-corrected chi connectivity index (χ0v) is 11.6. The van der Waals surface area contributed by atoms with E-state index in [1.54, 1.807) is 18.2 Å². The van der Waals surface area contributed by atoms with Crippen LogP contribution in [0.1, 0.15) is 5.56 Å². The minimum atomic E-state index is -3.00. The predicted molar refractivity (Wildman–Crippen MR) is 75.5 cm³/mol. The van der Waals surface area contributed by atoms with Gasteiger partial charge in [0.25, 0.3) is 0 Å². The maximum atomic E-state index is 11.0. The van der Waals surface area contributed by atoms with Crippen LogP contribution in [-0.4, -0.2) is 32.0 Å². The van der Waals surface area contributed by atoms with Crippen LogP contribution in [0.5, 0.6) is 0 Å². The molecule has 94 valence electrons. The molecule has 0 fully saturated rings. The zero-order chi connectivity index (χ0) is 13.1. The lowest BCUT2D eigenvalue weighted by Crippen LogP contribution is -2.18. The predicted octanol–water partition coefficient (Wildman–Crippen LogP) is 1.43. The van der Waals surface area contributed by atoms with Gasteiger partial charge in [-0.05, 0) is 12.1 Å². The number of sulfone groups is 1. The van der Waals surface area contributed by atoms with Crippen LogP contribution >= 0.6 is 23.8 Å². The van der Waals surface area contributed by atoms with Crippen molar-refractivity contribution in [3.8, 4) is 0 Å². The molecule has 0 aliphatic carbocycles. The van der Waals surface area contributed by atoms with Crippen molar-refractivity contribution in [2.24, 2.45) is 5.73 Å². The van der Waals surface area contributed by atoms with Gasteiger partial charge in [0.2, 0.25) is 0 Å². The van der Waals surface area contributed by atoms with E-state index < -0.39 is 9.84 Å². The number of halogens is 1. The molecule has 0 saturated heterocycles. The molecule has 0 bridgehead atoms. The maximum absolute atomic E-state index is 11.0. The first-order valence-electron chi connectivity index (χ1n) is 4.81. The molecule has 0 unspecified atom stereocenters. The van der Waals surface area contributed by atoms with Gasteiger partial charge in [0.15, 0.2) is 0 Å². The number of thiocarbonyl (C=S) groups is 1. The van der Waals surface area contributed by atoms with Crippen molar-refractivity contribution in [1.29, 1.82) is 0 Å². The van der Waals surface area contributed by atoms with Crippen LogP contribution < -0.4 is 11.1 Å². The van der Waals surface area contributed by atoms with Crippen LogP contribution in [0.25, 0.3) is 0 Å². The van der Waals surface area contributed by atoms with Crippen LogP contribution in [0.2, 0.25) is 5.02 Å². The van der Waals surface area contributed by atoms with Gasteiger partial charge in [0, 0.05) is 18.5 Å². The van der Waals surface area contributed by atoms with Gasteiger partial charge in [-0.15, -0.1) is 0 Å². The fraction of sp³-hybridized carbons (Fsp3) is 0.300. The Morgan fingerprint density at radius 2 is 2.18 bits per heavy atom. The largest absolute Gasteiger partial charge is 0.389 e. The van der Waals surface area contributed by atoms with Crippen LogP contribution in [0, 0.1) is 0 Å². The first-order chi connectivity index (χ1) is 7.81. The number of nitrogens with one attached hydrogen (secondary N) is 1. The Morgan fingerprint density at radius 3 is 2.71 bits per heavy atom. The molecule has 0 amide bonds. The van der Waals surface area contributed by atoms with Gasteiger partial charge >= 0.3 is 0 Å². The molecule has 0 heterocycles. The Labute approximate surface area is 111 Å². The van der Waals surface area contributed by atoms with Crippen LogP contribution in [0.15, 0.2) is 18.2 Å². The van der Waals surface area contributed by atoms with Gasteiger partial charge in [0.05, 0.1) is 16.3 Å². The fourth-order valence-electron chi connectivity index (χ4n) is 1.29. The fourth-order valence-corrected chi connectivity index (χ4v) is 2.32. The molecule has 1 aromatic rings. The lowest BCUT2D eigenvalue weighted by molar-refractivity contribution is 0.602. The molecule has 0 aliphatic rings. The van der Waals surface area contributed by atoms with Crippen LogP contribution in [0.4, 0.5) is 5.69 Å².